The van der Waals surface area contributed by atoms with Gasteiger partial charge in [-0.2, -0.15) is 4.98 Å². The highest BCUT2D eigenvalue weighted by Crippen LogP contribution is 2.45. The molecule has 0 saturated carbocycles. The highest BCUT2D eigenvalue weighted by atomic mass is 35.5. The molecule has 0 fully saturated rings. The van der Waals surface area contributed by atoms with Gasteiger partial charge in [0.05, 0.1) is 41.2 Å². The number of ether oxygens (including phenoxy) is 2. The quantitative estimate of drug-likeness (QED) is 0.298. The van der Waals surface area contributed by atoms with E-state index < -0.39 is 0 Å². The molecule has 4 aromatic rings. The molecule has 37 heavy (non-hydrogen) atoms. The number of amides is 1. The summed E-state index contributed by atoms with van der Waals surface area (Å²) in [5, 5.41) is 6.79. The van der Waals surface area contributed by atoms with Gasteiger partial charge in [0.1, 0.15) is 17.1 Å². The summed E-state index contributed by atoms with van der Waals surface area (Å²) >= 11 is 13.1. The number of halogens is 2. The summed E-state index contributed by atoms with van der Waals surface area (Å²) in [4.78, 5) is 34.2. The number of hydrogen-bond acceptors (Lipinski definition) is 7. The third kappa shape index (κ3) is 4.96. The van der Waals surface area contributed by atoms with Gasteiger partial charge in [-0.1, -0.05) is 35.8 Å². The van der Waals surface area contributed by atoms with Crippen LogP contribution in [0.5, 0.6) is 11.5 Å². The van der Waals surface area contributed by atoms with E-state index in [-0.39, 0.29) is 38.6 Å². The van der Waals surface area contributed by atoms with Gasteiger partial charge >= 0.3 is 0 Å². The Labute approximate surface area is 222 Å². The number of anilines is 3. The minimum atomic E-state index is -0.384. The molecule has 0 bridgehead atoms. The summed E-state index contributed by atoms with van der Waals surface area (Å²) in [7, 11) is 4.51. The Balaban J connectivity index is 1.83. The lowest BCUT2D eigenvalue weighted by Gasteiger charge is -2.16. The van der Waals surface area contributed by atoms with Crippen LogP contribution >= 0.6 is 23.2 Å². The number of hydrogen-bond donors (Lipinski definition) is 2. The molecular formula is C26H23Cl2N5O4. The van der Waals surface area contributed by atoms with Gasteiger partial charge in [0, 0.05) is 30.3 Å². The zero-order valence-corrected chi connectivity index (χ0v) is 22.0. The van der Waals surface area contributed by atoms with E-state index in [4.69, 9.17) is 32.7 Å². The van der Waals surface area contributed by atoms with E-state index in [2.05, 4.69) is 27.2 Å². The highest BCUT2D eigenvalue weighted by molar-refractivity contribution is 6.41. The molecule has 0 radical (unpaired) electrons. The smallest absolute Gasteiger partial charge is 0.259 e. The second kappa shape index (κ2) is 10.5. The zero-order valence-electron chi connectivity index (χ0n) is 20.5. The van der Waals surface area contributed by atoms with Crippen molar-refractivity contribution < 1.29 is 14.3 Å². The highest BCUT2D eigenvalue weighted by Gasteiger charge is 2.22. The first-order valence-electron chi connectivity index (χ1n) is 11.0. The van der Waals surface area contributed by atoms with Gasteiger partial charge in [0.25, 0.3) is 5.56 Å². The number of nitrogens with one attached hydrogen (secondary N) is 2. The minimum Gasteiger partial charge on any atom is -0.495 e. The average Bonchev–Trinajstić information content (AvgIpc) is 2.89. The number of nitrogens with zero attached hydrogens (tertiary/aromatic N) is 3. The number of pyridine rings is 1. The molecule has 0 aliphatic rings. The van der Waals surface area contributed by atoms with Crippen LogP contribution in [-0.4, -0.2) is 34.7 Å². The van der Waals surface area contributed by atoms with Crippen molar-refractivity contribution in [2.75, 3.05) is 24.9 Å². The molecule has 2 heterocycles. The summed E-state index contributed by atoms with van der Waals surface area (Å²) in [5.41, 5.74) is 2.58. The summed E-state index contributed by atoms with van der Waals surface area (Å²) in [6, 6.07) is 8.64. The second-order valence-electron chi connectivity index (χ2n) is 8.05. The van der Waals surface area contributed by atoms with Crippen LogP contribution in [0.1, 0.15) is 5.56 Å². The minimum absolute atomic E-state index is 0.178. The molecule has 0 atom stereocenters. The predicted molar refractivity (Wildman–Crippen MR) is 147 cm³/mol. The zero-order chi connectivity index (χ0) is 26.9. The molecule has 4 rings (SSSR count). The number of aryl methyl sites for hydroxylation is 2. The second-order valence-corrected chi connectivity index (χ2v) is 8.80. The van der Waals surface area contributed by atoms with Crippen LogP contribution < -0.4 is 25.7 Å². The summed E-state index contributed by atoms with van der Waals surface area (Å²) in [6.07, 6.45) is 2.75. The summed E-state index contributed by atoms with van der Waals surface area (Å²) in [5.74, 6) is 0.503. The molecule has 0 aliphatic carbocycles. The Hall–Kier alpha value is -4.08. The van der Waals surface area contributed by atoms with Crippen molar-refractivity contribution in [3.63, 3.8) is 0 Å². The Bertz CT molecular complexity index is 1590. The fraction of sp³-hybridized carbons (Fsp3) is 0.154. The van der Waals surface area contributed by atoms with E-state index in [1.165, 1.54) is 24.9 Å². The van der Waals surface area contributed by atoms with Crippen molar-refractivity contribution in [2.45, 2.75) is 6.92 Å². The molecule has 0 spiro atoms. The van der Waals surface area contributed by atoms with E-state index in [0.717, 1.165) is 5.56 Å². The molecule has 0 unspecified atom stereocenters. The van der Waals surface area contributed by atoms with E-state index in [1.54, 1.807) is 31.4 Å². The molecule has 0 saturated heterocycles. The van der Waals surface area contributed by atoms with Gasteiger partial charge in [-0.25, -0.2) is 4.98 Å². The van der Waals surface area contributed by atoms with Gasteiger partial charge in [-0.3, -0.25) is 14.2 Å². The number of rotatable bonds is 7. The van der Waals surface area contributed by atoms with Gasteiger partial charge in [0.2, 0.25) is 11.9 Å². The van der Waals surface area contributed by atoms with E-state index in [0.29, 0.717) is 33.9 Å². The van der Waals surface area contributed by atoms with Gasteiger partial charge < -0.3 is 20.1 Å². The number of fused-ring (bicyclic) bond motifs is 1. The SMILES string of the molecule is C=CC(=O)Nc1ccc(C)cc1Nc1ncc2cc(-c3c(Cl)c(OC)cc(OC)c3Cl)c(=O)n(C)c2n1. The molecule has 11 heteroatoms. The van der Waals surface area contributed by atoms with Crippen LogP contribution in [0.2, 0.25) is 10.0 Å². The Kier molecular flexibility index (Phi) is 7.37. The van der Waals surface area contributed by atoms with Crippen molar-refractivity contribution in [2.24, 2.45) is 7.05 Å². The van der Waals surface area contributed by atoms with Gasteiger partial charge in [-0.05, 0) is 36.8 Å². The molecule has 2 N–H and O–H groups in total. The molecule has 0 aliphatic heterocycles. The number of carbonyl (C=O) groups is 1. The number of benzene rings is 2. The summed E-state index contributed by atoms with van der Waals surface area (Å²) < 4.78 is 12.1. The van der Waals surface area contributed by atoms with Crippen LogP contribution in [-0.2, 0) is 11.8 Å². The van der Waals surface area contributed by atoms with Crippen LogP contribution in [0.3, 0.4) is 0 Å². The average molecular weight is 540 g/mol. The molecule has 190 valence electrons. The summed E-state index contributed by atoms with van der Waals surface area (Å²) in [6.45, 7) is 5.40. The van der Waals surface area contributed by atoms with Crippen LogP contribution in [0.4, 0.5) is 17.3 Å². The topological polar surface area (TPSA) is 107 Å². The Morgan fingerprint density at radius 3 is 2.38 bits per heavy atom. The van der Waals surface area contributed by atoms with Crippen molar-refractivity contribution in [1.82, 2.24) is 14.5 Å². The van der Waals surface area contributed by atoms with Crippen molar-refractivity contribution >= 4 is 57.5 Å². The van der Waals surface area contributed by atoms with Crippen molar-refractivity contribution in [3.05, 3.63) is 75.1 Å². The van der Waals surface area contributed by atoms with Gasteiger partial charge in [-0.15, -0.1) is 0 Å². The lowest BCUT2D eigenvalue weighted by Crippen LogP contribution is -2.20. The molecule has 9 nitrogen and oxygen atoms in total. The van der Waals surface area contributed by atoms with Crippen LogP contribution in [0.25, 0.3) is 22.2 Å². The fourth-order valence-electron chi connectivity index (χ4n) is 3.78. The van der Waals surface area contributed by atoms with Crippen LogP contribution in [0, 0.1) is 6.92 Å². The van der Waals surface area contributed by atoms with Crippen LogP contribution in [0.15, 0.2) is 54.0 Å². The van der Waals surface area contributed by atoms with E-state index >= 15 is 0 Å². The van der Waals surface area contributed by atoms with Crippen molar-refractivity contribution in [1.29, 1.82) is 0 Å². The molecule has 2 aromatic carbocycles. The van der Waals surface area contributed by atoms with Crippen molar-refractivity contribution in [3.8, 4) is 22.6 Å². The van der Waals surface area contributed by atoms with E-state index in [1.807, 2.05) is 19.1 Å². The third-order valence-electron chi connectivity index (χ3n) is 5.66. The lowest BCUT2D eigenvalue weighted by atomic mass is 10.0. The number of aromatic nitrogens is 3. The Morgan fingerprint density at radius 1 is 1.08 bits per heavy atom. The fourth-order valence-corrected chi connectivity index (χ4v) is 4.49. The molecular weight excluding hydrogens is 517 g/mol. The largest absolute Gasteiger partial charge is 0.495 e. The third-order valence-corrected chi connectivity index (χ3v) is 6.41. The predicted octanol–water partition coefficient (Wildman–Crippen LogP) is 5.50. The normalized spacial score (nSPS) is 10.8. The number of methoxy groups -OCH3 is 2. The first-order chi connectivity index (χ1) is 17.7. The maximum absolute atomic E-state index is 13.4. The monoisotopic (exact) mass is 539 g/mol. The maximum atomic E-state index is 13.4. The first kappa shape index (κ1) is 26.0. The van der Waals surface area contributed by atoms with E-state index in [9.17, 15) is 9.59 Å². The lowest BCUT2D eigenvalue weighted by molar-refractivity contribution is -0.111. The number of carbonyl (C=O) groups excluding carboxylic acids is 1. The Morgan fingerprint density at radius 2 is 1.76 bits per heavy atom. The van der Waals surface area contributed by atoms with Gasteiger partial charge in [0.15, 0.2) is 0 Å². The maximum Gasteiger partial charge on any atom is 0.259 e. The molecule has 1 amide bonds. The molecule has 2 aromatic heterocycles. The standard InChI is InChI=1S/C26H23Cl2N5O4/c1-6-20(34)30-16-8-7-13(2)9-17(16)31-26-29-12-14-10-15(25(35)33(3)24(14)32-26)21-22(27)18(36-4)11-19(37-5)23(21)28/h6-12H,1H2,2-5H3,(H,30,34)(H,29,31,32). The first-order valence-corrected chi connectivity index (χ1v) is 11.7.